The first-order chi connectivity index (χ1) is 10.1. The molecular formula is C17H22N2O2. The van der Waals surface area contributed by atoms with E-state index >= 15 is 0 Å². The number of hydrogen-bond donors (Lipinski definition) is 2. The van der Waals surface area contributed by atoms with Gasteiger partial charge in [0.1, 0.15) is 5.75 Å². The highest BCUT2D eigenvalue weighted by Crippen LogP contribution is 2.36. The molecule has 21 heavy (non-hydrogen) atoms. The maximum absolute atomic E-state index is 12.0. The molecule has 2 N–H and O–H groups in total. The van der Waals surface area contributed by atoms with Gasteiger partial charge in [-0.1, -0.05) is 13.8 Å². The van der Waals surface area contributed by atoms with Gasteiger partial charge in [-0.25, -0.2) is 0 Å². The average Bonchev–Trinajstić information content (AvgIpc) is 2.86. The fourth-order valence-corrected chi connectivity index (χ4v) is 3.05. The lowest BCUT2D eigenvalue weighted by atomic mass is 9.91. The molecule has 0 saturated carbocycles. The van der Waals surface area contributed by atoms with Gasteiger partial charge in [0.15, 0.2) is 0 Å². The van der Waals surface area contributed by atoms with Crippen molar-refractivity contribution >= 4 is 16.8 Å². The van der Waals surface area contributed by atoms with Gasteiger partial charge in [-0.05, 0) is 43.0 Å². The molecule has 4 heteroatoms. The molecule has 0 saturated heterocycles. The second-order valence-electron chi connectivity index (χ2n) is 6.04. The number of fused-ring (bicyclic) bond motifs is 3. The zero-order valence-electron chi connectivity index (χ0n) is 12.8. The van der Waals surface area contributed by atoms with Crippen molar-refractivity contribution in [1.29, 1.82) is 0 Å². The van der Waals surface area contributed by atoms with Crippen molar-refractivity contribution in [3.8, 4) is 5.75 Å². The zero-order chi connectivity index (χ0) is 15.0. The van der Waals surface area contributed by atoms with Gasteiger partial charge in [0.05, 0.1) is 13.2 Å². The quantitative estimate of drug-likeness (QED) is 0.909. The van der Waals surface area contributed by atoms with Crippen molar-refractivity contribution in [3.05, 3.63) is 29.5 Å². The molecule has 1 aliphatic carbocycles. The molecular weight excluding hydrogens is 264 g/mol. The summed E-state index contributed by atoms with van der Waals surface area (Å²) in [5, 5.41) is 4.38. The third-order valence-corrected chi connectivity index (χ3v) is 4.26. The fraction of sp³-hybridized carbons (Fsp3) is 0.471. The van der Waals surface area contributed by atoms with E-state index in [1.165, 1.54) is 16.6 Å². The molecule has 0 radical (unpaired) electrons. The van der Waals surface area contributed by atoms with E-state index in [-0.39, 0.29) is 17.9 Å². The Morgan fingerprint density at radius 3 is 2.95 bits per heavy atom. The van der Waals surface area contributed by atoms with E-state index in [2.05, 4.69) is 16.4 Å². The Bertz CT molecular complexity index is 673. The minimum atomic E-state index is 0.0137. The van der Waals surface area contributed by atoms with Crippen LogP contribution in [-0.2, 0) is 11.2 Å². The van der Waals surface area contributed by atoms with E-state index in [0.29, 0.717) is 0 Å². The second-order valence-corrected chi connectivity index (χ2v) is 6.04. The summed E-state index contributed by atoms with van der Waals surface area (Å²) in [5.74, 6) is 1.00. The molecule has 1 aliphatic rings. The van der Waals surface area contributed by atoms with Crippen molar-refractivity contribution in [2.45, 2.75) is 39.2 Å². The lowest BCUT2D eigenvalue weighted by molar-refractivity contribution is -0.124. The fourth-order valence-electron chi connectivity index (χ4n) is 3.05. The minimum Gasteiger partial charge on any atom is -0.497 e. The third-order valence-electron chi connectivity index (χ3n) is 4.26. The highest BCUT2D eigenvalue weighted by molar-refractivity contribution is 5.87. The van der Waals surface area contributed by atoms with Crippen LogP contribution < -0.4 is 10.1 Å². The number of rotatable bonds is 3. The van der Waals surface area contributed by atoms with Gasteiger partial charge in [-0.2, -0.15) is 0 Å². The van der Waals surface area contributed by atoms with E-state index in [1.54, 1.807) is 7.11 Å². The number of benzene rings is 1. The minimum absolute atomic E-state index is 0.0137. The summed E-state index contributed by atoms with van der Waals surface area (Å²) >= 11 is 0. The Morgan fingerprint density at radius 1 is 1.43 bits per heavy atom. The number of ether oxygens (including phenoxy) is 1. The number of aromatic nitrogens is 1. The number of aromatic amines is 1. The van der Waals surface area contributed by atoms with E-state index < -0.39 is 0 Å². The van der Waals surface area contributed by atoms with Crippen molar-refractivity contribution in [2.75, 3.05) is 7.11 Å². The van der Waals surface area contributed by atoms with Crippen LogP contribution in [0.25, 0.3) is 10.9 Å². The van der Waals surface area contributed by atoms with Crippen molar-refractivity contribution in [3.63, 3.8) is 0 Å². The topological polar surface area (TPSA) is 54.1 Å². The molecule has 0 bridgehead atoms. The van der Waals surface area contributed by atoms with E-state index in [4.69, 9.17) is 4.74 Å². The van der Waals surface area contributed by atoms with Crippen LogP contribution in [0.3, 0.4) is 0 Å². The summed E-state index contributed by atoms with van der Waals surface area (Å²) in [5.41, 5.74) is 3.61. The number of methoxy groups -OCH3 is 1. The van der Waals surface area contributed by atoms with Crippen LogP contribution in [0.1, 0.15) is 44.0 Å². The molecule has 2 aromatic rings. The number of carbonyl (C=O) groups is 1. The Kier molecular flexibility index (Phi) is 3.62. The number of hydrogen-bond acceptors (Lipinski definition) is 2. The molecule has 1 amide bonds. The summed E-state index contributed by atoms with van der Waals surface area (Å²) < 4.78 is 5.32. The van der Waals surface area contributed by atoms with Gasteiger partial charge < -0.3 is 15.0 Å². The number of nitrogens with one attached hydrogen (secondary N) is 2. The molecule has 0 spiro atoms. The van der Waals surface area contributed by atoms with Gasteiger partial charge in [-0.15, -0.1) is 0 Å². The lowest BCUT2D eigenvalue weighted by Gasteiger charge is -2.24. The average molecular weight is 286 g/mol. The van der Waals surface area contributed by atoms with Crippen LogP contribution in [0.2, 0.25) is 0 Å². The Morgan fingerprint density at radius 2 is 2.24 bits per heavy atom. The van der Waals surface area contributed by atoms with Crippen molar-refractivity contribution in [1.82, 2.24) is 10.3 Å². The zero-order valence-corrected chi connectivity index (χ0v) is 12.8. The van der Waals surface area contributed by atoms with Gasteiger partial charge in [0.25, 0.3) is 0 Å². The smallest absolute Gasteiger partial charge is 0.223 e. The Balaban J connectivity index is 2.00. The first-order valence-electron chi connectivity index (χ1n) is 7.59. The normalized spacial score (nSPS) is 17.8. The monoisotopic (exact) mass is 286 g/mol. The highest BCUT2D eigenvalue weighted by Gasteiger charge is 2.26. The Labute approximate surface area is 124 Å². The van der Waals surface area contributed by atoms with Crippen LogP contribution in [0.4, 0.5) is 0 Å². The second kappa shape index (κ2) is 5.43. The summed E-state index contributed by atoms with van der Waals surface area (Å²) in [6.45, 7) is 3.85. The molecule has 1 heterocycles. The standard InChI is InChI=1S/C17H22N2O2/c1-10(2)17(20)19-15-6-4-5-12-13-9-11(21-3)7-8-14(13)18-16(12)15/h7-10,15,18H,4-6H2,1-3H3,(H,19,20). The molecule has 4 nitrogen and oxygen atoms in total. The number of amides is 1. The molecule has 0 fully saturated rings. The van der Waals surface area contributed by atoms with E-state index in [0.717, 1.165) is 30.5 Å². The van der Waals surface area contributed by atoms with Crippen LogP contribution in [0.15, 0.2) is 18.2 Å². The van der Waals surface area contributed by atoms with Gasteiger partial charge in [0, 0.05) is 22.5 Å². The molecule has 1 atom stereocenters. The Hall–Kier alpha value is -1.97. The van der Waals surface area contributed by atoms with Crippen LogP contribution in [-0.4, -0.2) is 18.0 Å². The van der Waals surface area contributed by atoms with Gasteiger partial charge in [0.2, 0.25) is 5.91 Å². The van der Waals surface area contributed by atoms with Crippen LogP contribution in [0.5, 0.6) is 5.75 Å². The number of H-pyrrole nitrogens is 1. The van der Waals surface area contributed by atoms with E-state index in [1.807, 2.05) is 26.0 Å². The van der Waals surface area contributed by atoms with Crippen molar-refractivity contribution < 1.29 is 9.53 Å². The lowest BCUT2D eigenvalue weighted by Crippen LogP contribution is -2.33. The maximum atomic E-state index is 12.0. The van der Waals surface area contributed by atoms with Gasteiger partial charge in [-0.3, -0.25) is 4.79 Å². The third kappa shape index (κ3) is 2.50. The first kappa shape index (κ1) is 14.0. The molecule has 112 valence electrons. The number of aryl methyl sites for hydroxylation is 1. The molecule has 1 aromatic carbocycles. The highest BCUT2D eigenvalue weighted by atomic mass is 16.5. The molecule has 3 rings (SSSR count). The van der Waals surface area contributed by atoms with Crippen LogP contribution in [0, 0.1) is 5.92 Å². The first-order valence-corrected chi connectivity index (χ1v) is 7.59. The molecule has 0 aliphatic heterocycles. The summed E-state index contributed by atoms with van der Waals surface area (Å²) in [6, 6.07) is 6.19. The predicted octanol–water partition coefficient (Wildman–Crippen LogP) is 3.33. The van der Waals surface area contributed by atoms with Crippen LogP contribution >= 0.6 is 0 Å². The number of carbonyl (C=O) groups excluding carboxylic acids is 1. The molecule has 1 aromatic heterocycles. The molecule has 1 unspecified atom stereocenters. The SMILES string of the molecule is COc1ccc2[nH]c3c(c2c1)CCCC3NC(=O)C(C)C. The van der Waals surface area contributed by atoms with Crippen molar-refractivity contribution in [2.24, 2.45) is 5.92 Å². The summed E-state index contributed by atoms with van der Waals surface area (Å²) in [7, 11) is 1.69. The van der Waals surface area contributed by atoms with Gasteiger partial charge >= 0.3 is 0 Å². The largest absolute Gasteiger partial charge is 0.497 e. The maximum Gasteiger partial charge on any atom is 0.223 e. The predicted molar refractivity (Wildman–Crippen MR) is 83.5 cm³/mol. The van der Waals surface area contributed by atoms with E-state index in [9.17, 15) is 4.79 Å². The summed E-state index contributed by atoms with van der Waals surface area (Å²) in [4.78, 5) is 15.5. The summed E-state index contributed by atoms with van der Waals surface area (Å²) in [6.07, 6.45) is 3.15.